The number of ether oxygens (including phenoxy) is 2. The van der Waals surface area contributed by atoms with E-state index in [0.29, 0.717) is 0 Å². The molecule has 1 aliphatic heterocycles. The molecule has 0 aliphatic carbocycles. The summed E-state index contributed by atoms with van der Waals surface area (Å²) in [5.74, 6) is 2.61. The van der Waals surface area contributed by atoms with E-state index in [4.69, 9.17) is 14.6 Å². The fourth-order valence-electron chi connectivity index (χ4n) is 3.49. The van der Waals surface area contributed by atoms with Gasteiger partial charge in [0, 0.05) is 23.7 Å². The second kappa shape index (κ2) is 6.41. The molecule has 0 bridgehead atoms. The van der Waals surface area contributed by atoms with Gasteiger partial charge < -0.3 is 14.8 Å². The minimum absolute atomic E-state index is 0.764. The highest BCUT2D eigenvalue weighted by Gasteiger charge is 2.25. The largest absolute Gasteiger partial charge is 0.497 e. The first-order valence-corrected chi connectivity index (χ1v) is 8.78. The zero-order valence-corrected chi connectivity index (χ0v) is 15.6. The van der Waals surface area contributed by atoms with Crippen molar-refractivity contribution in [3.05, 3.63) is 53.1 Å². The Balaban J connectivity index is 1.91. The molecule has 1 aromatic heterocycles. The van der Waals surface area contributed by atoms with Crippen LogP contribution in [0.3, 0.4) is 0 Å². The van der Waals surface area contributed by atoms with Crippen molar-refractivity contribution in [1.29, 1.82) is 0 Å². The fourth-order valence-corrected chi connectivity index (χ4v) is 3.49. The summed E-state index contributed by atoms with van der Waals surface area (Å²) >= 11 is 0. The summed E-state index contributed by atoms with van der Waals surface area (Å²) in [6.45, 7) is 5.19. The number of hydrogen-bond donors (Lipinski definition) is 1. The lowest BCUT2D eigenvalue weighted by Crippen LogP contribution is -2.06. The Hall–Kier alpha value is -2.95. The van der Waals surface area contributed by atoms with Gasteiger partial charge in [0.05, 0.1) is 25.6 Å². The van der Waals surface area contributed by atoms with Gasteiger partial charge in [0.25, 0.3) is 0 Å². The Bertz CT molecular complexity index is 953. The molecule has 1 aliphatic rings. The molecule has 5 nitrogen and oxygen atoms in total. The van der Waals surface area contributed by atoms with Gasteiger partial charge in [-0.05, 0) is 49.6 Å². The molecule has 0 saturated heterocycles. The van der Waals surface area contributed by atoms with Crippen LogP contribution in [0.1, 0.15) is 16.7 Å². The Kier molecular flexibility index (Phi) is 4.07. The third kappa shape index (κ3) is 2.60. The maximum atomic E-state index is 5.43. The normalized spacial score (nSPS) is 12.6. The van der Waals surface area contributed by atoms with Crippen LogP contribution in [0, 0.1) is 13.8 Å². The van der Waals surface area contributed by atoms with Crippen molar-refractivity contribution in [3.8, 4) is 28.4 Å². The number of rotatable bonds is 4. The summed E-state index contributed by atoms with van der Waals surface area (Å²) < 4.78 is 12.9. The monoisotopic (exact) mass is 349 g/mol. The molecule has 5 heteroatoms. The molecule has 0 unspecified atom stereocenters. The molecule has 26 heavy (non-hydrogen) atoms. The number of nitrogens with one attached hydrogen (secondary N) is 1. The average molecular weight is 349 g/mol. The van der Waals surface area contributed by atoms with Gasteiger partial charge in [-0.1, -0.05) is 12.1 Å². The van der Waals surface area contributed by atoms with Crippen molar-refractivity contribution in [2.75, 3.05) is 26.1 Å². The summed E-state index contributed by atoms with van der Waals surface area (Å²) in [5.41, 5.74) is 6.82. The van der Waals surface area contributed by atoms with Crippen LogP contribution in [-0.2, 0) is 6.42 Å². The predicted octanol–water partition coefficient (Wildman–Crippen LogP) is 4.14. The number of benzene rings is 2. The van der Waals surface area contributed by atoms with E-state index in [1.54, 1.807) is 14.2 Å². The highest BCUT2D eigenvalue weighted by Crippen LogP contribution is 2.38. The molecule has 2 aromatic carbocycles. The number of hydrogen-bond acceptors (Lipinski definition) is 4. The molecule has 1 N–H and O–H groups in total. The fraction of sp³-hybridized carbons (Fsp3) is 0.286. The van der Waals surface area contributed by atoms with E-state index >= 15 is 0 Å². The topological polar surface area (TPSA) is 48.3 Å². The molecular weight excluding hydrogens is 326 g/mol. The molecule has 0 radical (unpaired) electrons. The van der Waals surface area contributed by atoms with Gasteiger partial charge in [0.1, 0.15) is 17.3 Å². The van der Waals surface area contributed by atoms with Gasteiger partial charge in [-0.25, -0.2) is 4.68 Å². The molecule has 2 heterocycles. The van der Waals surface area contributed by atoms with Gasteiger partial charge in [0.15, 0.2) is 0 Å². The standard InChI is InChI=1S/C21H23N3O2/c1-13-6-5-7-19(14(13)2)24-21-18(8-9-22-21)20(23-24)15-10-16(25-3)12-17(11-15)26-4/h5-7,10-12,22H,8-9H2,1-4H3. The summed E-state index contributed by atoms with van der Waals surface area (Å²) in [6, 6.07) is 12.2. The van der Waals surface area contributed by atoms with Crippen molar-refractivity contribution < 1.29 is 9.47 Å². The molecule has 3 aromatic rings. The summed E-state index contributed by atoms with van der Waals surface area (Å²) in [4.78, 5) is 0. The van der Waals surface area contributed by atoms with E-state index in [9.17, 15) is 0 Å². The number of anilines is 1. The average Bonchev–Trinajstić information content (AvgIpc) is 3.26. The lowest BCUT2D eigenvalue weighted by atomic mass is 10.1. The van der Waals surface area contributed by atoms with Crippen LogP contribution >= 0.6 is 0 Å². The molecule has 0 saturated carbocycles. The van der Waals surface area contributed by atoms with E-state index in [1.807, 2.05) is 22.9 Å². The molecule has 0 atom stereocenters. The first-order valence-electron chi connectivity index (χ1n) is 8.78. The van der Waals surface area contributed by atoms with Crippen LogP contribution in [0.5, 0.6) is 11.5 Å². The van der Waals surface area contributed by atoms with E-state index in [-0.39, 0.29) is 0 Å². The molecular formula is C21H23N3O2. The summed E-state index contributed by atoms with van der Waals surface area (Å²) in [7, 11) is 3.33. The molecule has 0 amide bonds. The van der Waals surface area contributed by atoms with Crippen LogP contribution in [0.15, 0.2) is 36.4 Å². The first kappa shape index (κ1) is 16.5. The van der Waals surface area contributed by atoms with Crippen LogP contribution in [0.25, 0.3) is 16.9 Å². The summed E-state index contributed by atoms with van der Waals surface area (Å²) in [6.07, 6.45) is 0.953. The maximum Gasteiger partial charge on any atom is 0.133 e. The van der Waals surface area contributed by atoms with Crippen molar-refractivity contribution >= 4 is 5.82 Å². The minimum atomic E-state index is 0.764. The smallest absolute Gasteiger partial charge is 0.133 e. The van der Waals surface area contributed by atoms with Crippen LogP contribution in [0.2, 0.25) is 0 Å². The second-order valence-electron chi connectivity index (χ2n) is 6.58. The first-order chi connectivity index (χ1) is 12.6. The zero-order chi connectivity index (χ0) is 18.3. The number of aryl methyl sites for hydroxylation is 1. The lowest BCUT2D eigenvalue weighted by Gasteiger charge is -2.11. The van der Waals surface area contributed by atoms with Gasteiger partial charge in [-0.3, -0.25) is 0 Å². The number of fused-ring (bicyclic) bond motifs is 1. The lowest BCUT2D eigenvalue weighted by molar-refractivity contribution is 0.394. The molecule has 0 fully saturated rings. The quantitative estimate of drug-likeness (QED) is 0.769. The Labute approximate surface area is 153 Å². The van der Waals surface area contributed by atoms with Crippen LogP contribution in [-0.4, -0.2) is 30.5 Å². The highest BCUT2D eigenvalue weighted by molar-refractivity contribution is 5.75. The van der Waals surface area contributed by atoms with Gasteiger partial charge in [0.2, 0.25) is 0 Å². The maximum absolute atomic E-state index is 5.43. The SMILES string of the molecule is COc1cc(OC)cc(-c2nn(-c3cccc(C)c3C)c3c2CCN3)c1. The Morgan fingerprint density at radius 3 is 2.46 bits per heavy atom. The second-order valence-corrected chi connectivity index (χ2v) is 6.58. The van der Waals surface area contributed by atoms with Gasteiger partial charge >= 0.3 is 0 Å². The predicted molar refractivity (Wildman–Crippen MR) is 104 cm³/mol. The van der Waals surface area contributed by atoms with Crippen molar-refractivity contribution in [2.45, 2.75) is 20.3 Å². The molecule has 4 rings (SSSR count). The van der Waals surface area contributed by atoms with Crippen molar-refractivity contribution in [2.24, 2.45) is 0 Å². The zero-order valence-electron chi connectivity index (χ0n) is 15.6. The highest BCUT2D eigenvalue weighted by atomic mass is 16.5. The van der Waals surface area contributed by atoms with Gasteiger partial charge in [-0.2, -0.15) is 5.10 Å². The van der Waals surface area contributed by atoms with E-state index in [0.717, 1.165) is 47.2 Å². The Morgan fingerprint density at radius 1 is 1.04 bits per heavy atom. The van der Waals surface area contributed by atoms with Crippen LogP contribution < -0.4 is 14.8 Å². The third-order valence-electron chi connectivity index (χ3n) is 5.08. The Morgan fingerprint density at radius 2 is 1.77 bits per heavy atom. The van der Waals surface area contributed by atoms with Crippen LogP contribution in [0.4, 0.5) is 5.82 Å². The molecule has 0 spiro atoms. The number of aromatic nitrogens is 2. The minimum Gasteiger partial charge on any atom is -0.497 e. The van der Waals surface area contributed by atoms with Crippen molar-refractivity contribution in [3.63, 3.8) is 0 Å². The third-order valence-corrected chi connectivity index (χ3v) is 5.08. The van der Waals surface area contributed by atoms with E-state index < -0.39 is 0 Å². The van der Waals surface area contributed by atoms with Crippen molar-refractivity contribution in [1.82, 2.24) is 9.78 Å². The molecule has 134 valence electrons. The summed E-state index contributed by atoms with van der Waals surface area (Å²) in [5, 5.41) is 8.47. The van der Waals surface area contributed by atoms with E-state index in [1.165, 1.54) is 16.7 Å². The number of methoxy groups -OCH3 is 2. The van der Waals surface area contributed by atoms with E-state index in [2.05, 4.69) is 37.4 Å². The number of nitrogens with zero attached hydrogens (tertiary/aromatic N) is 2. The van der Waals surface area contributed by atoms with Gasteiger partial charge in [-0.15, -0.1) is 0 Å².